The number of benzene rings is 1. The summed E-state index contributed by atoms with van der Waals surface area (Å²) < 4.78 is 0. The Balaban J connectivity index is 2.62. The SMILES string of the molecule is CN1C(=O)C(C)(C)c2cc(CO)ccc21. The molecule has 0 bridgehead atoms. The van der Waals surface area contributed by atoms with E-state index in [2.05, 4.69) is 0 Å². The van der Waals surface area contributed by atoms with E-state index in [1.165, 1.54) is 0 Å². The van der Waals surface area contributed by atoms with Crippen LogP contribution in [0, 0.1) is 0 Å². The molecule has 1 heterocycles. The number of amides is 1. The fourth-order valence-electron chi connectivity index (χ4n) is 2.12. The lowest BCUT2D eigenvalue weighted by atomic mass is 9.85. The van der Waals surface area contributed by atoms with E-state index in [0.717, 1.165) is 16.8 Å². The molecule has 0 radical (unpaired) electrons. The maximum atomic E-state index is 11.9. The minimum atomic E-state index is -0.477. The highest BCUT2D eigenvalue weighted by Gasteiger charge is 2.41. The van der Waals surface area contributed by atoms with Gasteiger partial charge in [0.25, 0.3) is 0 Å². The van der Waals surface area contributed by atoms with E-state index in [9.17, 15) is 4.79 Å². The summed E-state index contributed by atoms with van der Waals surface area (Å²) >= 11 is 0. The van der Waals surface area contributed by atoms with Gasteiger partial charge in [-0.15, -0.1) is 0 Å². The molecule has 15 heavy (non-hydrogen) atoms. The molecular weight excluding hydrogens is 190 g/mol. The first-order valence-corrected chi connectivity index (χ1v) is 5.01. The van der Waals surface area contributed by atoms with Crippen LogP contribution in [0.5, 0.6) is 0 Å². The first-order chi connectivity index (χ1) is 6.98. The van der Waals surface area contributed by atoms with Gasteiger partial charge < -0.3 is 10.0 Å². The molecule has 80 valence electrons. The molecule has 0 unspecified atom stereocenters. The van der Waals surface area contributed by atoms with Gasteiger partial charge in [0.05, 0.1) is 12.0 Å². The van der Waals surface area contributed by atoms with Crippen LogP contribution in [0.3, 0.4) is 0 Å². The van der Waals surface area contributed by atoms with Crippen LogP contribution in [0.2, 0.25) is 0 Å². The van der Waals surface area contributed by atoms with Crippen LogP contribution in [0.15, 0.2) is 18.2 Å². The molecule has 1 aromatic rings. The zero-order valence-corrected chi connectivity index (χ0v) is 9.24. The van der Waals surface area contributed by atoms with Gasteiger partial charge >= 0.3 is 0 Å². The minimum absolute atomic E-state index is 0.0151. The highest BCUT2D eigenvalue weighted by Crippen LogP contribution is 2.40. The summed E-state index contributed by atoms with van der Waals surface area (Å²) in [6.07, 6.45) is 0. The maximum absolute atomic E-state index is 11.9. The second-order valence-corrected chi connectivity index (χ2v) is 4.50. The number of anilines is 1. The molecule has 0 aromatic heterocycles. The van der Waals surface area contributed by atoms with Crippen molar-refractivity contribution in [3.63, 3.8) is 0 Å². The van der Waals surface area contributed by atoms with Gasteiger partial charge in [0, 0.05) is 12.7 Å². The summed E-state index contributed by atoms with van der Waals surface area (Å²) in [6.45, 7) is 3.85. The summed E-state index contributed by atoms with van der Waals surface area (Å²) in [4.78, 5) is 13.6. The Bertz CT molecular complexity index is 424. The van der Waals surface area contributed by atoms with Crippen molar-refractivity contribution in [3.8, 4) is 0 Å². The van der Waals surface area contributed by atoms with E-state index < -0.39 is 5.41 Å². The number of nitrogens with zero attached hydrogens (tertiary/aromatic N) is 1. The van der Waals surface area contributed by atoms with Crippen LogP contribution in [0.1, 0.15) is 25.0 Å². The van der Waals surface area contributed by atoms with Crippen molar-refractivity contribution >= 4 is 11.6 Å². The number of rotatable bonds is 1. The Labute approximate surface area is 89.3 Å². The molecule has 0 saturated carbocycles. The number of hydrogen-bond acceptors (Lipinski definition) is 2. The molecule has 1 aliphatic heterocycles. The third-order valence-electron chi connectivity index (χ3n) is 3.12. The molecule has 0 spiro atoms. The monoisotopic (exact) mass is 205 g/mol. The van der Waals surface area contributed by atoms with E-state index in [4.69, 9.17) is 5.11 Å². The van der Waals surface area contributed by atoms with Crippen molar-refractivity contribution in [2.24, 2.45) is 0 Å². The molecule has 2 rings (SSSR count). The number of carbonyl (C=O) groups is 1. The van der Waals surface area contributed by atoms with E-state index in [0.29, 0.717) is 0 Å². The Morgan fingerprint density at radius 2 is 2.07 bits per heavy atom. The molecule has 0 aliphatic carbocycles. The summed E-state index contributed by atoms with van der Waals surface area (Å²) in [5.74, 6) is 0.104. The van der Waals surface area contributed by atoms with Gasteiger partial charge in [0.1, 0.15) is 0 Å². The Hall–Kier alpha value is -1.35. The van der Waals surface area contributed by atoms with E-state index in [1.54, 1.807) is 11.9 Å². The molecule has 1 aromatic carbocycles. The molecule has 3 heteroatoms. The van der Waals surface area contributed by atoms with Crippen molar-refractivity contribution < 1.29 is 9.90 Å². The maximum Gasteiger partial charge on any atom is 0.236 e. The zero-order chi connectivity index (χ0) is 11.2. The van der Waals surface area contributed by atoms with Gasteiger partial charge in [-0.25, -0.2) is 0 Å². The number of aliphatic hydroxyl groups excluding tert-OH is 1. The van der Waals surface area contributed by atoms with Crippen LogP contribution in [0.25, 0.3) is 0 Å². The Morgan fingerprint density at radius 3 is 2.67 bits per heavy atom. The first kappa shape index (κ1) is 10.2. The standard InChI is InChI=1S/C12H15NO2/c1-12(2)9-6-8(7-14)4-5-10(9)13(3)11(12)15/h4-6,14H,7H2,1-3H3. The van der Waals surface area contributed by atoms with Gasteiger partial charge in [-0.3, -0.25) is 4.79 Å². The fourth-order valence-corrected chi connectivity index (χ4v) is 2.12. The molecule has 1 aliphatic rings. The summed E-state index contributed by atoms with van der Waals surface area (Å²) in [5.41, 5.74) is 2.32. The lowest BCUT2D eigenvalue weighted by molar-refractivity contribution is -0.121. The molecule has 3 nitrogen and oxygen atoms in total. The van der Waals surface area contributed by atoms with E-state index in [-0.39, 0.29) is 12.5 Å². The zero-order valence-electron chi connectivity index (χ0n) is 9.24. The third-order valence-corrected chi connectivity index (χ3v) is 3.12. The molecule has 0 saturated heterocycles. The first-order valence-electron chi connectivity index (χ1n) is 5.01. The third kappa shape index (κ3) is 1.27. The number of likely N-dealkylation sites (N-methyl/N-ethyl adjacent to an activating group) is 1. The van der Waals surface area contributed by atoms with Crippen LogP contribution in [0.4, 0.5) is 5.69 Å². The normalized spacial score (nSPS) is 18.1. The van der Waals surface area contributed by atoms with E-state index >= 15 is 0 Å². The average Bonchev–Trinajstić information content (AvgIpc) is 2.40. The quantitative estimate of drug-likeness (QED) is 0.753. The van der Waals surface area contributed by atoms with Crippen LogP contribution < -0.4 is 4.90 Å². The van der Waals surface area contributed by atoms with Crippen molar-refractivity contribution in [1.29, 1.82) is 0 Å². The van der Waals surface area contributed by atoms with Crippen LogP contribution >= 0.6 is 0 Å². The molecule has 1 N–H and O–H groups in total. The van der Waals surface area contributed by atoms with Gasteiger partial charge in [-0.05, 0) is 31.0 Å². The van der Waals surface area contributed by atoms with Crippen molar-refractivity contribution in [2.45, 2.75) is 25.9 Å². The molecular formula is C12H15NO2. The highest BCUT2D eigenvalue weighted by atomic mass is 16.3. The fraction of sp³-hybridized carbons (Fsp3) is 0.417. The van der Waals surface area contributed by atoms with Gasteiger partial charge in [-0.2, -0.15) is 0 Å². The Kier molecular flexibility index (Phi) is 2.08. The Morgan fingerprint density at radius 1 is 1.40 bits per heavy atom. The predicted molar refractivity (Wildman–Crippen MR) is 58.8 cm³/mol. The minimum Gasteiger partial charge on any atom is -0.392 e. The summed E-state index contributed by atoms with van der Waals surface area (Å²) in [6, 6.07) is 5.66. The summed E-state index contributed by atoms with van der Waals surface area (Å²) in [5, 5.41) is 9.07. The second kappa shape index (κ2) is 3.07. The van der Waals surface area contributed by atoms with Gasteiger partial charge in [-0.1, -0.05) is 12.1 Å². The lowest BCUT2D eigenvalue weighted by Gasteiger charge is -2.16. The molecule has 0 atom stereocenters. The van der Waals surface area contributed by atoms with E-state index in [1.807, 2.05) is 32.0 Å². The van der Waals surface area contributed by atoms with Crippen LogP contribution in [-0.2, 0) is 16.8 Å². The highest BCUT2D eigenvalue weighted by molar-refractivity contribution is 6.07. The number of carbonyl (C=O) groups excluding carboxylic acids is 1. The summed E-state index contributed by atoms with van der Waals surface area (Å²) in [7, 11) is 1.79. The van der Waals surface area contributed by atoms with Crippen molar-refractivity contribution in [3.05, 3.63) is 29.3 Å². The number of aliphatic hydroxyl groups is 1. The van der Waals surface area contributed by atoms with Gasteiger partial charge in [0.2, 0.25) is 5.91 Å². The number of fused-ring (bicyclic) bond motifs is 1. The van der Waals surface area contributed by atoms with Crippen molar-refractivity contribution in [1.82, 2.24) is 0 Å². The topological polar surface area (TPSA) is 40.5 Å². The predicted octanol–water partition coefficient (Wildman–Crippen LogP) is 1.43. The average molecular weight is 205 g/mol. The van der Waals surface area contributed by atoms with Crippen LogP contribution in [-0.4, -0.2) is 18.1 Å². The molecule has 0 fully saturated rings. The van der Waals surface area contributed by atoms with Gasteiger partial charge in [0.15, 0.2) is 0 Å². The number of hydrogen-bond donors (Lipinski definition) is 1. The largest absolute Gasteiger partial charge is 0.392 e. The smallest absolute Gasteiger partial charge is 0.236 e. The van der Waals surface area contributed by atoms with Crippen molar-refractivity contribution in [2.75, 3.05) is 11.9 Å². The lowest BCUT2D eigenvalue weighted by Crippen LogP contribution is -2.33. The molecule has 1 amide bonds. The second-order valence-electron chi connectivity index (χ2n) is 4.50.